The number of hydrogen-bond acceptors (Lipinski definition) is 2. The third kappa shape index (κ3) is 2.08. The first-order valence-electron chi connectivity index (χ1n) is 6.88. The van der Waals surface area contributed by atoms with Crippen LogP contribution >= 0.6 is 11.6 Å². The van der Waals surface area contributed by atoms with Crippen LogP contribution in [0.5, 0.6) is 0 Å². The lowest BCUT2D eigenvalue weighted by Crippen LogP contribution is -2.26. The van der Waals surface area contributed by atoms with Crippen LogP contribution in [0.1, 0.15) is 49.6 Å². The van der Waals surface area contributed by atoms with Gasteiger partial charge in [0, 0.05) is 15.8 Å². The zero-order chi connectivity index (χ0) is 13.5. The van der Waals surface area contributed by atoms with Gasteiger partial charge in [-0.2, -0.15) is 0 Å². The molecule has 19 heavy (non-hydrogen) atoms. The second kappa shape index (κ2) is 4.68. The highest BCUT2D eigenvalue weighted by Gasteiger charge is 2.41. The number of carbonyl (C=O) groups excluding carboxylic acids is 1. The molecule has 1 saturated carbocycles. The lowest BCUT2D eigenvalue weighted by molar-refractivity contribution is 0.0762. The average molecular weight is 277 g/mol. The lowest BCUT2D eigenvalue weighted by atomic mass is 9.78. The van der Waals surface area contributed by atoms with E-state index in [1.54, 1.807) is 6.07 Å². The number of fused-ring (bicyclic) bond motifs is 1. The van der Waals surface area contributed by atoms with Crippen LogP contribution in [0.3, 0.4) is 0 Å². The van der Waals surface area contributed by atoms with Gasteiger partial charge in [0.2, 0.25) is 5.78 Å². The van der Waals surface area contributed by atoms with Crippen molar-refractivity contribution < 1.29 is 9.21 Å². The number of furan rings is 1. The van der Waals surface area contributed by atoms with E-state index in [9.17, 15) is 4.79 Å². The first kappa shape index (κ1) is 12.7. The number of benzene rings is 1. The molecule has 1 aliphatic rings. The molecule has 0 bridgehead atoms. The first-order valence-corrected chi connectivity index (χ1v) is 7.26. The number of ketones is 1. The van der Waals surface area contributed by atoms with Gasteiger partial charge in [-0.25, -0.2) is 0 Å². The van der Waals surface area contributed by atoms with Crippen LogP contribution in [0.4, 0.5) is 0 Å². The van der Waals surface area contributed by atoms with Gasteiger partial charge >= 0.3 is 0 Å². The molecule has 1 heterocycles. The molecule has 0 spiro atoms. The molecular formula is C16H17ClO2. The van der Waals surface area contributed by atoms with Crippen molar-refractivity contribution in [3.8, 4) is 0 Å². The number of halogens is 1. The van der Waals surface area contributed by atoms with E-state index in [4.69, 9.17) is 16.0 Å². The maximum atomic E-state index is 12.7. The quantitative estimate of drug-likeness (QED) is 0.718. The number of hydrogen-bond donors (Lipinski definition) is 0. The van der Waals surface area contributed by atoms with Crippen molar-refractivity contribution in [2.75, 3.05) is 0 Å². The minimum absolute atomic E-state index is 0.167. The van der Waals surface area contributed by atoms with Gasteiger partial charge in [0.05, 0.1) is 0 Å². The van der Waals surface area contributed by atoms with Gasteiger partial charge in [-0.05, 0) is 43.5 Å². The van der Waals surface area contributed by atoms with Gasteiger partial charge in [0.25, 0.3) is 0 Å². The van der Waals surface area contributed by atoms with E-state index in [0.29, 0.717) is 10.8 Å². The summed E-state index contributed by atoms with van der Waals surface area (Å²) in [5.41, 5.74) is 0.537. The minimum atomic E-state index is -0.197. The predicted octanol–water partition coefficient (Wildman–Crippen LogP) is 5.24. The van der Waals surface area contributed by atoms with E-state index in [0.717, 1.165) is 43.1 Å². The van der Waals surface area contributed by atoms with Crippen LogP contribution in [0.15, 0.2) is 28.7 Å². The maximum Gasteiger partial charge on any atom is 0.204 e. The number of carbonyl (C=O) groups is 1. The molecular weight excluding hydrogens is 260 g/mol. The molecule has 3 rings (SSSR count). The molecule has 100 valence electrons. The van der Waals surface area contributed by atoms with Crippen LogP contribution in [0.25, 0.3) is 11.0 Å². The van der Waals surface area contributed by atoms with E-state index in [1.807, 2.05) is 18.2 Å². The SMILES string of the molecule is CCC1(C(=O)c2cc3cc(Cl)ccc3o2)CCCC1. The Hall–Kier alpha value is -1.28. The smallest absolute Gasteiger partial charge is 0.204 e. The Morgan fingerprint density at radius 3 is 2.74 bits per heavy atom. The second-order valence-corrected chi connectivity index (χ2v) is 5.90. The summed E-state index contributed by atoms with van der Waals surface area (Å²) in [4.78, 5) is 12.7. The lowest BCUT2D eigenvalue weighted by Gasteiger charge is -2.24. The molecule has 0 atom stereocenters. The van der Waals surface area contributed by atoms with Gasteiger partial charge in [-0.3, -0.25) is 4.79 Å². The summed E-state index contributed by atoms with van der Waals surface area (Å²) in [5.74, 6) is 0.654. The topological polar surface area (TPSA) is 30.2 Å². The number of rotatable bonds is 3. The fourth-order valence-corrected chi connectivity index (χ4v) is 3.36. The molecule has 1 aromatic heterocycles. The van der Waals surface area contributed by atoms with Gasteiger partial charge < -0.3 is 4.42 Å². The van der Waals surface area contributed by atoms with Crippen LogP contribution in [0, 0.1) is 5.41 Å². The van der Waals surface area contributed by atoms with Crippen molar-refractivity contribution in [3.05, 3.63) is 35.0 Å². The van der Waals surface area contributed by atoms with E-state index >= 15 is 0 Å². The summed E-state index contributed by atoms with van der Waals surface area (Å²) in [5, 5.41) is 1.57. The summed E-state index contributed by atoms with van der Waals surface area (Å²) < 4.78 is 5.72. The minimum Gasteiger partial charge on any atom is -0.453 e. The summed E-state index contributed by atoms with van der Waals surface area (Å²) in [7, 11) is 0. The molecule has 0 saturated heterocycles. The Kier molecular flexibility index (Phi) is 3.14. The average Bonchev–Trinajstić information content (AvgIpc) is 3.04. The highest BCUT2D eigenvalue weighted by Crippen LogP contribution is 2.44. The Morgan fingerprint density at radius 2 is 2.05 bits per heavy atom. The molecule has 1 aromatic carbocycles. The Labute approximate surface area is 117 Å². The summed E-state index contributed by atoms with van der Waals surface area (Å²) in [6, 6.07) is 7.28. The molecule has 1 fully saturated rings. The normalized spacial score (nSPS) is 18.0. The van der Waals surface area contributed by atoms with E-state index in [2.05, 4.69) is 6.92 Å². The Balaban J connectivity index is 2.01. The third-order valence-electron chi connectivity index (χ3n) is 4.42. The third-order valence-corrected chi connectivity index (χ3v) is 4.66. The zero-order valence-electron chi connectivity index (χ0n) is 11.0. The first-order chi connectivity index (χ1) is 9.14. The summed E-state index contributed by atoms with van der Waals surface area (Å²) in [6.45, 7) is 2.10. The van der Waals surface area contributed by atoms with Crippen LogP contribution in [-0.2, 0) is 0 Å². The molecule has 1 aliphatic carbocycles. The molecule has 0 N–H and O–H groups in total. The molecule has 0 unspecified atom stereocenters. The van der Waals surface area contributed by atoms with Crippen molar-refractivity contribution in [2.24, 2.45) is 5.41 Å². The fraction of sp³-hybridized carbons (Fsp3) is 0.438. The Bertz CT molecular complexity index is 621. The Morgan fingerprint density at radius 1 is 1.32 bits per heavy atom. The van der Waals surface area contributed by atoms with Crippen molar-refractivity contribution >= 4 is 28.4 Å². The van der Waals surface area contributed by atoms with Crippen molar-refractivity contribution in [1.82, 2.24) is 0 Å². The highest BCUT2D eigenvalue weighted by atomic mass is 35.5. The van der Waals surface area contributed by atoms with Crippen molar-refractivity contribution in [1.29, 1.82) is 0 Å². The van der Waals surface area contributed by atoms with Crippen LogP contribution < -0.4 is 0 Å². The molecule has 2 nitrogen and oxygen atoms in total. The van der Waals surface area contributed by atoms with Crippen molar-refractivity contribution in [3.63, 3.8) is 0 Å². The highest BCUT2D eigenvalue weighted by molar-refractivity contribution is 6.31. The van der Waals surface area contributed by atoms with Crippen molar-refractivity contribution in [2.45, 2.75) is 39.0 Å². The standard InChI is InChI=1S/C16H17ClO2/c1-2-16(7-3-4-8-16)15(18)14-10-11-9-12(17)5-6-13(11)19-14/h5-6,9-10H,2-4,7-8H2,1H3. The second-order valence-electron chi connectivity index (χ2n) is 5.46. The van der Waals surface area contributed by atoms with E-state index in [-0.39, 0.29) is 11.2 Å². The van der Waals surface area contributed by atoms with E-state index in [1.165, 1.54) is 0 Å². The largest absolute Gasteiger partial charge is 0.453 e. The monoisotopic (exact) mass is 276 g/mol. The molecule has 3 heteroatoms. The summed E-state index contributed by atoms with van der Waals surface area (Å²) >= 11 is 5.96. The van der Waals surface area contributed by atoms with Gasteiger partial charge in [-0.1, -0.05) is 31.4 Å². The van der Waals surface area contributed by atoms with Gasteiger partial charge in [-0.15, -0.1) is 0 Å². The van der Waals surface area contributed by atoms with Crippen LogP contribution in [-0.4, -0.2) is 5.78 Å². The summed E-state index contributed by atoms with van der Waals surface area (Å²) in [6.07, 6.45) is 5.15. The van der Waals surface area contributed by atoms with Crippen LogP contribution in [0.2, 0.25) is 5.02 Å². The van der Waals surface area contributed by atoms with Gasteiger partial charge in [0.1, 0.15) is 5.58 Å². The van der Waals surface area contributed by atoms with E-state index < -0.39 is 0 Å². The predicted molar refractivity (Wildman–Crippen MR) is 76.7 cm³/mol. The fourth-order valence-electron chi connectivity index (χ4n) is 3.18. The molecule has 2 aromatic rings. The molecule has 0 amide bonds. The maximum absolute atomic E-state index is 12.7. The molecule has 0 aliphatic heterocycles. The van der Waals surface area contributed by atoms with Gasteiger partial charge in [0.15, 0.2) is 5.76 Å². The number of Topliss-reactive ketones (excluding diaryl/α,β-unsaturated/α-hetero) is 1. The zero-order valence-corrected chi connectivity index (χ0v) is 11.8. The molecule has 0 radical (unpaired) electrons.